The van der Waals surface area contributed by atoms with Crippen LogP contribution < -0.4 is 15.0 Å². The quantitative estimate of drug-likeness (QED) is 0.557. The van der Waals surface area contributed by atoms with Crippen molar-refractivity contribution in [3.05, 3.63) is 54.0 Å². The van der Waals surface area contributed by atoms with Gasteiger partial charge in [0.05, 0.1) is 17.7 Å². The zero-order valence-electron chi connectivity index (χ0n) is 14.6. The topological polar surface area (TPSA) is 133 Å². The lowest BCUT2D eigenvalue weighted by molar-refractivity contribution is -0.136. The molecule has 142 valence electrons. The molecular formula is C18H16N6O4. The molecule has 1 aliphatic rings. The number of anilines is 1. The number of rotatable bonds is 5. The maximum absolute atomic E-state index is 12.5. The Morgan fingerprint density at radius 2 is 2.00 bits per heavy atom. The van der Waals surface area contributed by atoms with Crippen LogP contribution >= 0.6 is 0 Å². The Bertz CT molecular complexity index is 1080. The average Bonchev–Trinajstić information content (AvgIpc) is 3.33. The molecule has 1 fully saturated rings. The summed E-state index contributed by atoms with van der Waals surface area (Å²) in [5.41, 5.74) is 1.84. The van der Waals surface area contributed by atoms with Gasteiger partial charge in [-0.2, -0.15) is 5.10 Å². The number of carbonyl (C=O) groups excluding carboxylic acids is 1. The molecule has 1 saturated heterocycles. The fraction of sp³-hybridized carbons (Fsp3) is 0.167. The van der Waals surface area contributed by atoms with Crippen molar-refractivity contribution in [1.82, 2.24) is 19.9 Å². The number of hydrogen-bond acceptors (Lipinski definition) is 6. The second-order valence-electron chi connectivity index (χ2n) is 6.12. The van der Waals surface area contributed by atoms with Crippen molar-refractivity contribution >= 4 is 29.2 Å². The summed E-state index contributed by atoms with van der Waals surface area (Å²) < 4.78 is 6.78. The van der Waals surface area contributed by atoms with Crippen molar-refractivity contribution in [2.75, 3.05) is 18.0 Å². The Morgan fingerprint density at radius 1 is 1.21 bits per heavy atom. The van der Waals surface area contributed by atoms with Gasteiger partial charge in [0, 0.05) is 18.8 Å². The largest absolute Gasteiger partial charge is 0.481 e. The molecule has 0 saturated carbocycles. The number of pyridine rings is 1. The van der Waals surface area contributed by atoms with E-state index in [-0.39, 0.29) is 17.8 Å². The molecular weight excluding hydrogens is 364 g/mol. The van der Waals surface area contributed by atoms with Crippen LogP contribution in [-0.4, -0.2) is 50.7 Å². The smallest absolute Gasteiger partial charge is 0.343 e. The van der Waals surface area contributed by atoms with E-state index in [1.807, 2.05) is 0 Å². The highest BCUT2D eigenvalue weighted by Crippen LogP contribution is 2.22. The van der Waals surface area contributed by atoms with Gasteiger partial charge in [0.1, 0.15) is 6.33 Å². The highest BCUT2D eigenvalue weighted by molar-refractivity contribution is 5.97. The molecule has 1 aliphatic heterocycles. The van der Waals surface area contributed by atoms with Crippen molar-refractivity contribution in [2.45, 2.75) is 6.42 Å². The number of esters is 1. The van der Waals surface area contributed by atoms with Crippen LogP contribution in [0.1, 0.15) is 16.1 Å². The lowest BCUT2D eigenvalue weighted by atomic mass is 10.2. The summed E-state index contributed by atoms with van der Waals surface area (Å²) >= 11 is 0. The van der Waals surface area contributed by atoms with Crippen molar-refractivity contribution in [3.8, 4) is 5.75 Å². The molecule has 28 heavy (non-hydrogen) atoms. The van der Waals surface area contributed by atoms with Crippen LogP contribution in [0.4, 0.5) is 5.69 Å². The van der Waals surface area contributed by atoms with E-state index in [0.717, 1.165) is 5.69 Å². The molecule has 2 aromatic heterocycles. The maximum atomic E-state index is 12.5. The molecule has 10 heteroatoms. The molecule has 0 bridgehead atoms. The number of ether oxygens (including phenoxy) is 1. The van der Waals surface area contributed by atoms with Gasteiger partial charge in [-0.25, -0.2) is 14.3 Å². The molecule has 3 aromatic rings. The Morgan fingerprint density at radius 3 is 2.68 bits per heavy atom. The minimum Gasteiger partial charge on any atom is -0.481 e. The van der Waals surface area contributed by atoms with E-state index in [4.69, 9.17) is 15.3 Å². The number of benzene rings is 1. The minimum absolute atomic E-state index is 0.186. The van der Waals surface area contributed by atoms with Gasteiger partial charge in [-0.15, -0.1) is 0 Å². The van der Waals surface area contributed by atoms with E-state index in [0.29, 0.717) is 30.3 Å². The Labute approximate surface area is 158 Å². The van der Waals surface area contributed by atoms with Gasteiger partial charge in [-0.1, -0.05) is 0 Å². The van der Waals surface area contributed by atoms with Crippen LogP contribution in [0.3, 0.4) is 0 Å². The van der Waals surface area contributed by atoms with Crippen molar-refractivity contribution in [3.63, 3.8) is 0 Å². The first-order valence-corrected chi connectivity index (χ1v) is 8.48. The first-order valence-electron chi connectivity index (χ1n) is 8.48. The second-order valence-corrected chi connectivity index (χ2v) is 6.12. The van der Waals surface area contributed by atoms with E-state index in [1.165, 1.54) is 23.0 Å². The van der Waals surface area contributed by atoms with Gasteiger partial charge < -0.3 is 20.1 Å². The summed E-state index contributed by atoms with van der Waals surface area (Å²) in [7, 11) is 0. The van der Waals surface area contributed by atoms with Crippen molar-refractivity contribution in [2.24, 2.45) is 0 Å². The van der Waals surface area contributed by atoms with Crippen LogP contribution in [0.2, 0.25) is 0 Å². The second kappa shape index (κ2) is 6.99. The first-order chi connectivity index (χ1) is 13.5. The van der Waals surface area contributed by atoms with Crippen molar-refractivity contribution in [1.29, 1.82) is 5.41 Å². The third-order valence-electron chi connectivity index (χ3n) is 4.31. The van der Waals surface area contributed by atoms with Gasteiger partial charge in [-0.3, -0.25) is 10.2 Å². The molecule has 0 amide bonds. The van der Waals surface area contributed by atoms with Gasteiger partial charge in [0.15, 0.2) is 17.4 Å². The van der Waals surface area contributed by atoms with E-state index in [2.05, 4.69) is 15.4 Å². The lowest BCUT2D eigenvalue weighted by Gasteiger charge is -2.16. The van der Waals surface area contributed by atoms with Crippen molar-refractivity contribution < 1.29 is 19.4 Å². The zero-order valence-corrected chi connectivity index (χ0v) is 14.6. The standard InChI is InChI=1S/C18H16N6O4/c19-18-20-7-8-23(18)12-3-1-11(2-4-12)17(27)28-14-6-5-13(9-15(25)26)24-16(14)21-10-22-24/h1-6,10H,7-9H2,(H2,19,20)(H,25,26). The molecule has 3 N–H and O–H groups in total. The summed E-state index contributed by atoms with van der Waals surface area (Å²) in [6, 6.07) is 9.80. The van der Waals surface area contributed by atoms with Crippen LogP contribution in [-0.2, 0) is 11.2 Å². The maximum Gasteiger partial charge on any atom is 0.343 e. The summed E-state index contributed by atoms with van der Waals surface area (Å²) in [5, 5.41) is 23.7. The Kier molecular flexibility index (Phi) is 4.36. The predicted molar refractivity (Wildman–Crippen MR) is 98.8 cm³/mol. The highest BCUT2D eigenvalue weighted by atomic mass is 16.5. The van der Waals surface area contributed by atoms with Gasteiger partial charge in [0.25, 0.3) is 0 Å². The summed E-state index contributed by atoms with van der Waals surface area (Å²) in [6.07, 6.45) is 1.04. The summed E-state index contributed by atoms with van der Waals surface area (Å²) in [4.78, 5) is 29.3. The molecule has 10 nitrogen and oxygen atoms in total. The molecule has 1 aromatic carbocycles. The molecule has 4 rings (SSSR count). The lowest BCUT2D eigenvalue weighted by Crippen LogP contribution is -2.28. The number of aliphatic carboxylic acids is 1. The van der Waals surface area contributed by atoms with E-state index < -0.39 is 11.9 Å². The van der Waals surface area contributed by atoms with Gasteiger partial charge in [-0.05, 0) is 36.4 Å². The summed E-state index contributed by atoms with van der Waals surface area (Å²) in [6.45, 7) is 1.39. The average molecular weight is 380 g/mol. The minimum atomic E-state index is -0.997. The number of carboxylic acids is 1. The fourth-order valence-corrected chi connectivity index (χ4v) is 2.99. The first kappa shape index (κ1) is 17.5. The van der Waals surface area contributed by atoms with E-state index in [9.17, 15) is 9.59 Å². The molecule has 3 heterocycles. The zero-order chi connectivity index (χ0) is 19.7. The number of guanidine groups is 1. The highest BCUT2D eigenvalue weighted by Gasteiger charge is 2.19. The van der Waals surface area contributed by atoms with Crippen LogP contribution in [0.25, 0.3) is 5.65 Å². The van der Waals surface area contributed by atoms with E-state index >= 15 is 0 Å². The molecule has 0 unspecified atom stereocenters. The number of nitrogens with one attached hydrogen (secondary N) is 2. The molecule has 0 radical (unpaired) electrons. The number of fused-ring (bicyclic) bond motifs is 1. The van der Waals surface area contributed by atoms with E-state index in [1.54, 1.807) is 29.2 Å². The third-order valence-corrected chi connectivity index (χ3v) is 4.31. The number of carboxylic acid groups (broad SMARTS) is 1. The molecule has 0 atom stereocenters. The third kappa shape index (κ3) is 3.22. The van der Waals surface area contributed by atoms with Crippen LogP contribution in [0, 0.1) is 5.41 Å². The normalized spacial score (nSPS) is 13.6. The summed E-state index contributed by atoms with van der Waals surface area (Å²) in [5.74, 6) is -1.06. The van der Waals surface area contributed by atoms with Gasteiger partial charge in [0.2, 0.25) is 0 Å². The Balaban J connectivity index is 1.54. The predicted octanol–water partition coefficient (Wildman–Crippen LogP) is 0.920. The fourth-order valence-electron chi connectivity index (χ4n) is 2.99. The number of hydrogen-bond donors (Lipinski definition) is 3. The number of nitrogens with zero attached hydrogens (tertiary/aromatic N) is 4. The number of aromatic nitrogens is 3. The van der Waals surface area contributed by atoms with Gasteiger partial charge >= 0.3 is 11.9 Å². The monoisotopic (exact) mass is 380 g/mol. The van der Waals surface area contributed by atoms with Crippen LogP contribution in [0.15, 0.2) is 42.7 Å². The Hall–Kier alpha value is -3.95. The number of carbonyl (C=O) groups is 2. The molecule has 0 aliphatic carbocycles. The van der Waals surface area contributed by atoms with Crippen LogP contribution in [0.5, 0.6) is 5.75 Å². The molecule has 0 spiro atoms. The SMILES string of the molecule is N=C1NCCN1c1ccc(C(=O)Oc2ccc(CC(=O)O)n3ncnc23)cc1.